The van der Waals surface area contributed by atoms with Crippen LogP contribution in [-0.2, 0) is 0 Å². The first-order valence-corrected chi connectivity index (χ1v) is 7.37. The van der Waals surface area contributed by atoms with E-state index in [0.29, 0.717) is 11.6 Å². The SMILES string of the molecule is NCCCCCOc1ccc(-c2ccccc2)cc1Cl. The highest BCUT2D eigenvalue weighted by Crippen LogP contribution is 2.30. The summed E-state index contributed by atoms with van der Waals surface area (Å²) in [6.45, 7) is 1.43. The molecule has 0 saturated carbocycles. The lowest BCUT2D eigenvalue weighted by molar-refractivity contribution is 0.306. The van der Waals surface area contributed by atoms with Gasteiger partial charge in [0.05, 0.1) is 11.6 Å². The minimum Gasteiger partial charge on any atom is -0.492 e. The molecule has 2 N–H and O–H groups in total. The van der Waals surface area contributed by atoms with E-state index >= 15 is 0 Å². The third-order valence-corrected chi connectivity index (χ3v) is 3.44. The first-order chi connectivity index (χ1) is 9.81. The van der Waals surface area contributed by atoms with Crippen LogP contribution in [0.3, 0.4) is 0 Å². The number of benzene rings is 2. The molecule has 0 aromatic heterocycles. The molecule has 0 atom stereocenters. The predicted octanol–water partition coefficient (Wildman–Crippen LogP) is 4.51. The maximum Gasteiger partial charge on any atom is 0.137 e. The molecule has 106 valence electrons. The number of halogens is 1. The van der Waals surface area contributed by atoms with Crippen LogP contribution in [0.25, 0.3) is 11.1 Å². The van der Waals surface area contributed by atoms with E-state index in [1.165, 1.54) is 0 Å². The average Bonchev–Trinajstić information content (AvgIpc) is 2.49. The molecule has 0 saturated heterocycles. The topological polar surface area (TPSA) is 35.2 Å². The van der Waals surface area contributed by atoms with E-state index in [9.17, 15) is 0 Å². The molecule has 0 bridgehead atoms. The Labute approximate surface area is 125 Å². The van der Waals surface area contributed by atoms with Crippen LogP contribution in [0.1, 0.15) is 19.3 Å². The molecular weight excluding hydrogens is 270 g/mol. The number of rotatable bonds is 7. The van der Waals surface area contributed by atoms with Gasteiger partial charge in [-0.3, -0.25) is 0 Å². The van der Waals surface area contributed by atoms with Crippen molar-refractivity contribution in [1.29, 1.82) is 0 Å². The quantitative estimate of drug-likeness (QED) is 0.761. The lowest BCUT2D eigenvalue weighted by atomic mass is 10.1. The zero-order valence-corrected chi connectivity index (χ0v) is 12.3. The molecule has 2 rings (SSSR count). The van der Waals surface area contributed by atoms with E-state index in [4.69, 9.17) is 22.1 Å². The average molecular weight is 290 g/mol. The standard InChI is InChI=1S/C17H20ClNO/c18-16-13-15(14-7-3-1-4-8-14)9-10-17(16)20-12-6-2-5-11-19/h1,3-4,7-10,13H,2,5-6,11-12,19H2. The van der Waals surface area contributed by atoms with Crippen molar-refractivity contribution in [3.05, 3.63) is 53.6 Å². The van der Waals surface area contributed by atoms with E-state index < -0.39 is 0 Å². The molecule has 0 aliphatic heterocycles. The second-order valence-electron chi connectivity index (χ2n) is 4.71. The fourth-order valence-electron chi connectivity index (χ4n) is 2.03. The van der Waals surface area contributed by atoms with Crippen LogP contribution in [0.2, 0.25) is 5.02 Å². The maximum absolute atomic E-state index is 6.27. The van der Waals surface area contributed by atoms with Gasteiger partial charge in [0.1, 0.15) is 5.75 Å². The molecule has 3 heteroatoms. The largest absolute Gasteiger partial charge is 0.492 e. The van der Waals surface area contributed by atoms with Crippen molar-refractivity contribution < 1.29 is 4.74 Å². The summed E-state index contributed by atoms with van der Waals surface area (Å²) in [4.78, 5) is 0. The van der Waals surface area contributed by atoms with Gasteiger partial charge in [0.15, 0.2) is 0 Å². The minimum absolute atomic E-state index is 0.658. The van der Waals surface area contributed by atoms with Crippen LogP contribution >= 0.6 is 11.6 Å². The molecule has 0 unspecified atom stereocenters. The van der Waals surface area contributed by atoms with Crippen molar-refractivity contribution >= 4 is 11.6 Å². The fraction of sp³-hybridized carbons (Fsp3) is 0.294. The third-order valence-electron chi connectivity index (χ3n) is 3.15. The highest BCUT2D eigenvalue weighted by molar-refractivity contribution is 6.32. The summed E-state index contributed by atoms with van der Waals surface area (Å²) in [6.07, 6.45) is 3.15. The molecule has 2 nitrogen and oxygen atoms in total. The van der Waals surface area contributed by atoms with Crippen molar-refractivity contribution in [2.75, 3.05) is 13.2 Å². The summed E-state index contributed by atoms with van der Waals surface area (Å²) in [5, 5.41) is 0.658. The Kier molecular flexibility index (Phi) is 5.90. The van der Waals surface area contributed by atoms with Gasteiger partial charge in [0.2, 0.25) is 0 Å². The summed E-state index contributed by atoms with van der Waals surface area (Å²) in [5.41, 5.74) is 7.72. The first-order valence-electron chi connectivity index (χ1n) is 6.99. The molecule has 0 aliphatic carbocycles. The second kappa shape index (κ2) is 7.93. The summed E-state index contributed by atoms with van der Waals surface area (Å²) in [5.74, 6) is 0.749. The van der Waals surface area contributed by atoms with Crippen molar-refractivity contribution in [3.63, 3.8) is 0 Å². The molecule has 0 amide bonds. The van der Waals surface area contributed by atoms with Crippen LogP contribution in [0.5, 0.6) is 5.75 Å². The van der Waals surface area contributed by atoms with Crippen LogP contribution in [0, 0.1) is 0 Å². The van der Waals surface area contributed by atoms with Crippen molar-refractivity contribution in [3.8, 4) is 16.9 Å². The van der Waals surface area contributed by atoms with Gasteiger partial charge < -0.3 is 10.5 Å². The van der Waals surface area contributed by atoms with Crippen LogP contribution in [-0.4, -0.2) is 13.2 Å². The van der Waals surface area contributed by atoms with E-state index in [2.05, 4.69) is 12.1 Å². The summed E-state index contributed by atoms with van der Waals surface area (Å²) < 4.78 is 5.70. The number of nitrogens with two attached hydrogens (primary N) is 1. The summed E-state index contributed by atoms with van der Waals surface area (Å²) in [6, 6.07) is 16.1. The minimum atomic E-state index is 0.658. The summed E-state index contributed by atoms with van der Waals surface area (Å²) in [7, 11) is 0. The molecule has 0 radical (unpaired) electrons. The van der Waals surface area contributed by atoms with Crippen LogP contribution in [0.4, 0.5) is 0 Å². The van der Waals surface area contributed by atoms with Gasteiger partial charge in [0.25, 0.3) is 0 Å². The highest BCUT2D eigenvalue weighted by atomic mass is 35.5. The summed E-state index contributed by atoms with van der Waals surface area (Å²) >= 11 is 6.27. The Hall–Kier alpha value is -1.51. The number of unbranched alkanes of at least 4 members (excludes halogenated alkanes) is 2. The molecule has 20 heavy (non-hydrogen) atoms. The predicted molar refractivity (Wildman–Crippen MR) is 85.3 cm³/mol. The molecule has 2 aromatic rings. The van der Waals surface area contributed by atoms with Crippen molar-refractivity contribution in [2.24, 2.45) is 5.73 Å². The Morgan fingerprint density at radius 3 is 2.40 bits per heavy atom. The fourth-order valence-corrected chi connectivity index (χ4v) is 2.27. The molecule has 2 aromatic carbocycles. The van der Waals surface area contributed by atoms with Gasteiger partial charge in [-0.2, -0.15) is 0 Å². The van der Waals surface area contributed by atoms with Gasteiger partial charge in [-0.1, -0.05) is 48.0 Å². The van der Waals surface area contributed by atoms with E-state index in [0.717, 1.165) is 42.7 Å². The number of hydrogen-bond acceptors (Lipinski definition) is 2. The Morgan fingerprint density at radius 2 is 1.70 bits per heavy atom. The van der Waals surface area contributed by atoms with Crippen molar-refractivity contribution in [1.82, 2.24) is 0 Å². The number of ether oxygens (including phenoxy) is 1. The molecule has 0 spiro atoms. The van der Waals surface area contributed by atoms with Crippen LogP contribution in [0.15, 0.2) is 48.5 Å². The van der Waals surface area contributed by atoms with Crippen molar-refractivity contribution in [2.45, 2.75) is 19.3 Å². The Bertz CT molecular complexity index is 528. The zero-order valence-electron chi connectivity index (χ0n) is 11.5. The van der Waals surface area contributed by atoms with Gasteiger partial charge in [-0.05, 0) is 49.1 Å². The lowest BCUT2D eigenvalue weighted by Gasteiger charge is -2.09. The van der Waals surface area contributed by atoms with E-state index in [1.54, 1.807) is 0 Å². The molecular formula is C17H20ClNO. The lowest BCUT2D eigenvalue weighted by Crippen LogP contribution is -2.01. The normalized spacial score (nSPS) is 10.5. The molecule has 0 aliphatic rings. The van der Waals surface area contributed by atoms with Gasteiger partial charge in [-0.25, -0.2) is 0 Å². The molecule has 0 fully saturated rings. The zero-order chi connectivity index (χ0) is 14.2. The Balaban J connectivity index is 1.96. The smallest absolute Gasteiger partial charge is 0.137 e. The number of hydrogen-bond donors (Lipinski definition) is 1. The third kappa shape index (κ3) is 4.26. The van der Waals surface area contributed by atoms with Gasteiger partial charge >= 0.3 is 0 Å². The monoisotopic (exact) mass is 289 g/mol. The first kappa shape index (κ1) is 14.9. The second-order valence-corrected chi connectivity index (χ2v) is 5.12. The maximum atomic E-state index is 6.27. The molecule has 0 heterocycles. The van der Waals surface area contributed by atoms with E-state index in [1.807, 2.05) is 36.4 Å². The van der Waals surface area contributed by atoms with Gasteiger partial charge in [0, 0.05) is 0 Å². The van der Waals surface area contributed by atoms with Crippen LogP contribution < -0.4 is 10.5 Å². The van der Waals surface area contributed by atoms with Gasteiger partial charge in [-0.15, -0.1) is 0 Å². The Morgan fingerprint density at radius 1 is 0.900 bits per heavy atom. The highest BCUT2D eigenvalue weighted by Gasteiger charge is 2.04. The van der Waals surface area contributed by atoms with E-state index in [-0.39, 0.29) is 0 Å².